The largest absolute Gasteiger partial charge is 0.382 e. The van der Waals surface area contributed by atoms with Crippen molar-refractivity contribution in [2.45, 2.75) is 17.9 Å². The van der Waals surface area contributed by atoms with Crippen molar-refractivity contribution in [1.29, 1.82) is 5.26 Å². The third-order valence-corrected chi connectivity index (χ3v) is 4.80. The van der Waals surface area contributed by atoms with E-state index in [1.165, 1.54) is 24.3 Å². The zero-order valence-corrected chi connectivity index (χ0v) is 15.9. The quantitative estimate of drug-likeness (QED) is 0.521. The van der Waals surface area contributed by atoms with Gasteiger partial charge in [-0.3, -0.25) is 0 Å². The number of anilines is 1. The lowest BCUT2D eigenvalue weighted by atomic mass is 10.1. The van der Waals surface area contributed by atoms with Crippen LogP contribution in [-0.2, 0) is 10.0 Å². The molecule has 0 aliphatic rings. The number of hydrogen-bond acceptors (Lipinski definition) is 5. The van der Waals surface area contributed by atoms with Crippen LogP contribution >= 0.6 is 0 Å². The van der Waals surface area contributed by atoms with Gasteiger partial charge in [0.25, 0.3) is 0 Å². The van der Waals surface area contributed by atoms with E-state index in [-0.39, 0.29) is 23.5 Å². The number of sulfonamides is 1. The van der Waals surface area contributed by atoms with Crippen molar-refractivity contribution in [2.24, 2.45) is 5.14 Å². The lowest BCUT2D eigenvalue weighted by Crippen LogP contribution is -2.39. The van der Waals surface area contributed by atoms with Gasteiger partial charge >= 0.3 is 6.03 Å². The molecule has 0 fully saturated rings. The standard InChI is InChI=1S/C18H20FN5O3S/c1-12(13-4-2-5-14(10-13)28(21,26)27)24-18(25)23-9-8-22-17-7-3-6-16(19)15(17)11-20/h2-7,10,12,22H,8-9H2,1H3,(H2,21,26,27)(H2,23,24,25). The molecule has 1 atom stereocenters. The number of nitrogens with two attached hydrogens (primary N) is 1. The van der Waals surface area contributed by atoms with Crippen LogP contribution < -0.4 is 21.1 Å². The van der Waals surface area contributed by atoms with Crippen molar-refractivity contribution < 1.29 is 17.6 Å². The van der Waals surface area contributed by atoms with Gasteiger partial charge in [0.2, 0.25) is 10.0 Å². The first-order valence-electron chi connectivity index (χ1n) is 8.32. The van der Waals surface area contributed by atoms with Crippen LogP contribution in [0.4, 0.5) is 14.9 Å². The third-order valence-electron chi connectivity index (χ3n) is 3.89. The van der Waals surface area contributed by atoms with Crippen LogP contribution in [0.1, 0.15) is 24.1 Å². The predicted molar refractivity (Wildman–Crippen MR) is 102 cm³/mol. The molecule has 0 saturated heterocycles. The first kappa shape index (κ1) is 21.1. The van der Waals surface area contributed by atoms with E-state index in [4.69, 9.17) is 10.4 Å². The summed E-state index contributed by atoms with van der Waals surface area (Å²) in [6, 6.07) is 11.1. The second kappa shape index (κ2) is 9.16. The SMILES string of the molecule is CC(NC(=O)NCCNc1cccc(F)c1C#N)c1cccc(S(N)(=O)=O)c1. The van der Waals surface area contributed by atoms with Gasteiger partial charge in [-0.15, -0.1) is 0 Å². The molecule has 0 aromatic heterocycles. The molecular formula is C18H20FN5O3S. The molecular weight excluding hydrogens is 385 g/mol. The molecule has 0 aliphatic carbocycles. The molecule has 148 valence electrons. The zero-order valence-electron chi connectivity index (χ0n) is 15.1. The summed E-state index contributed by atoms with van der Waals surface area (Å²) in [5.74, 6) is -0.617. The molecule has 8 nitrogen and oxygen atoms in total. The second-order valence-corrected chi connectivity index (χ2v) is 7.50. The van der Waals surface area contributed by atoms with Gasteiger partial charge < -0.3 is 16.0 Å². The molecule has 28 heavy (non-hydrogen) atoms. The Morgan fingerprint density at radius 3 is 2.64 bits per heavy atom. The first-order chi connectivity index (χ1) is 13.2. The molecule has 2 rings (SSSR count). The van der Waals surface area contributed by atoms with E-state index in [2.05, 4.69) is 16.0 Å². The summed E-state index contributed by atoms with van der Waals surface area (Å²) in [4.78, 5) is 12.0. The van der Waals surface area contributed by atoms with Gasteiger partial charge in [0.1, 0.15) is 17.4 Å². The molecule has 5 N–H and O–H groups in total. The van der Waals surface area contributed by atoms with E-state index in [9.17, 15) is 17.6 Å². The minimum absolute atomic E-state index is 0.0355. The second-order valence-electron chi connectivity index (χ2n) is 5.94. The monoisotopic (exact) mass is 405 g/mol. The molecule has 0 heterocycles. The van der Waals surface area contributed by atoms with Crippen LogP contribution in [0.3, 0.4) is 0 Å². The van der Waals surface area contributed by atoms with Gasteiger partial charge in [0.15, 0.2) is 0 Å². The fraction of sp³-hybridized carbons (Fsp3) is 0.222. The maximum absolute atomic E-state index is 13.5. The average molecular weight is 405 g/mol. The Balaban J connectivity index is 1.85. The Kier molecular flexibility index (Phi) is 6.92. The van der Waals surface area contributed by atoms with Crippen LogP contribution in [0.5, 0.6) is 0 Å². The highest BCUT2D eigenvalue weighted by Crippen LogP contribution is 2.18. The normalized spacial score (nSPS) is 11.9. The van der Waals surface area contributed by atoms with Gasteiger partial charge in [-0.05, 0) is 36.8 Å². The summed E-state index contributed by atoms with van der Waals surface area (Å²) >= 11 is 0. The fourth-order valence-corrected chi connectivity index (χ4v) is 3.02. The number of carbonyl (C=O) groups is 1. The van der Waals surface area contributed by atoms with Crippen LogP contribution in [0.25, 0.3) is 0 Å². The number of benzene rings is 2. The Hall–Kier alpha value is -3.16. The molecule has 0 spiro atoms. The Bertz CT molecular complexity index is 1000. The number of nitrogens with zero attached hydrogens (tertiary/aromatic N) is 1. The summed E-state index contributed by atoms with van der Waals surface area (Å²) in [6.07, 6.45) is 0. The number of carbonyl (C=O) groups excluding carboxylic acids is 1. The number of rotatable bonds is 7. The van der Waals surface area contributed by atoms with Crippen molar-refractivity contribution in [1.82, 2.24) is 10.6 Å². The highest BCUT2D eigenvalue weighted by atomic mass is 32.2. The van der Waals surface area contributed by atoms with Crippen molar-refractivity contribution in [2.75, 3.05) is 18.4 Å². The molecule has 0 aliphatic heterocycles. The minimum Gasteiger partial charge on any atom is -0.382 e. The van der Waals surface area contributed by atoms with Crippen LogP contribution in [0.15, 0.2) is 47.4 Å². The highest BCUT2D eigenvalue weighted by molar-refractivity contribution is 7.89. The number of nitrogens with one attached hydrogen (secondary N) is 3. The van der Waals surface area contributed by atoms with Gasteiger partial charge in [-0.2, -0.15) is 5.26 Å². The van der Waals surface area contributed by atoms with Crippen molar-refractivity contribution in [3.8, 4) is 6.07 Å². The lowest BCUT2D eigenvalue weighted by Gasteiger charge is -2.16. The van der Waals surface area contributed by atoms with E-state index in [1.54, 1.807) is 31.2 Å². The summed E-state index contributed by atoms with van der Waals surface area (Å²) in [6.45, 7) is 2.20. The van der Waals surface area contributed by atoms with Crippen molar-refractivity contribution in [3.05, 3.63) is 59.4 Å². The van der Waals surface area contributed by atoms with E-state index in [0.717, 1.165) is 0 Å². The van der Waals surface area contributed by atoms with Crippen LogP contribution in [-0.4, -0.2) is 27.5 Å². The number of amides is 2. The van der Waals surface area contributed by atoms with Gasteiger partial charge in [-0.1, -0.05) is 18.2 Å². The summed E-state index contributed by atoms with van der Waals surface area (Å²) in [5, 5.41) is 22.3. The minimum atomic E-state index is -3.83. The Morgan fingerprint density at radius 2 is 1.96 bits per heavy atom. The number of primary sulfonamides is 1. The van der Waals surface area contributed by atoms with E-state index in [1.807, 2.05) is 0 Å². The number of urea groups is 1. The predicted octanol–water partition coefficient (Wildman–Crippen LogP) is 1.82. The number of hydrogen-bond donors (Lipinski definition) is 4. The topological polar surface area (TPSA) is 137 Å². The first-order valence-corrected chi connectivity index (χ1v) is 9.86. The number of halogens is 1. The van der Waals surface area contributed by atoms with E-state index in [0.29, 0.717) is 11.3 Å². The number of nitriles is 1. The molecule has 0 radical (unpaired) electrons. The molecule has 10 heteroatoms. The fourth-order valence-electron chi connectivity index (χ4n) is 2.45. The average Bonchev–Trinajstić information content (AvgIpc) is 2.64. The molecule has 2 amide bonds. The maximum atomic E-state index is 13.5. The molecule has 2 aromatic rings. The molecule has 0 bridgehead atoms. The zero-order chi connectivity index (χ0) is 20.7. The van der Waals surface area contributed by atoms with Crippen molar-refractivity contribution in [3.63, 3.8) is 0 Å². The van der Waals surface area contributed by atoms with E-state index >= 15 is 0 Å². The Morgan fingerprint density at radius 1 is 1.25 bits per heavy atom. The van der Waals surface area contributed by atoms with Gasteiger partial charge in [-0.25, -0.2) is 22.7 Å². The third kappa shape index (κ3) is 5.67. The molecule has 2 aromatic carbocycles. The molecule has 1 unspecified atom stereocenters. The van der Waals surface area contributed by atoms with Crippen LogP contribution in [0, 0.1) is 17.1 Å². The van der Waals surface area contributed by atoms with E-state index < -0.39 is 27.9 Å². The molecule has 0 saturated carbocycles. The van der Waals surface area contributed by atoms with Gasteiger partial charge in [0, 0.05) is 13.1 Å². The maximum Gasteiger partial charge on any atom is 0.315 e. The lowest BCUT2D eigenvalue weighted by molar-refractivity contribution is 0.238. The van der Waals surface area contributed by atoms with Gasteiger partial charge in [0.05, 0.1) is 16.6 Å². The summed E-state index contributed by atoms with van der Waals surface area (Å²) < 4.78 is 36.3. The summed E-state index contributed by atoms with van der Waals surface area (Å²) in [5.41, 5.74) is 0.839. The van der Waals surface area contributed by atoms with Crippen LogP contribution in [0.2, 0.25) is 0 Å². The highest BCUT2D eigenvalue weighted by Gasteiger charge is 2.13. The Labute approximate surface area is 162 Å². The summed E-state index contributed by atoms with van der Waals surface area (Å²) in [7, 11) is -3.83. The van der Waals surface area contributed by atoms with Crippen molar-refractivity contribution >= 4 is 21.7 Å². The smallest absolute Gasteiger partial charge is 0.315 e.